The lowest BCUT2D eigenvalue weighted by Crippen LogP contribution is -2.04. The Morgan fingerprint density at radius 3 is 2.52 bits per heavy atom. The molecule has 21 heavy (non-hydrogen) atoms. The van der Waals surface area contributed by atoms with Crippen LogP contribution < -0.4 is 15.1 Å². The van der Waals surface area contributed by atoms with Gasteiger partial charge in [0.1, 0.15) is 17.0 Å². The van der Waals surface area contributed by atoms with Crippen molar-refractivity contribution in [3.63, 3.8) is 0 Å². The van der Waals surface area contributed by atoms with Gasteiger partial charge in [-0.1, -0.05) is 0 Å². The molecule has 0 saturated carbocycles. The van der Waals surface area contributed by atoms with Gasteiger partial charge in [-0.25, -0.2) is 4.79 Å². The van der Waals surface area contributed by atoms with Crippen LogP contribution in [0.5, 0.6) is 11.6 Å². The van der Waals surface area contributed by atoms with Crippen LogP contribution in [0.1, 0.15) is 0 Å². The largest absolute Gasteiger partial charge is 0.497 e. The molecule has 0 atom stereocenters. The van der Waals surface area contributed by atoms with E-state index in [1.54, 1.807) is 37.4 Å². The van der Waals surface area contributed by atoms with E-state index < -0.39 is 5.63 Å². The van der Waals surface area contributed by atoms with Gasteiger partial charge in [-0.15, -0.1) is 10.2 Å². The van der Waals surface area contributed by atoms with Crippen LogP contribution >= 0.6 is 0 Å². The summed E-state index contributed by atoms with van der Waals surface area (Å²) < 4.78 is 15.4. The molecule has 6 nitrogen and oxygen atoms in total. The molecule has 0 aliphatic heterocycles. The predicted octanol–water partition coefficient (Wildman–Crippen LogP) is 2.27. The maximum Gasteiger partial charge on any atom is 0.345 e. The lowest BCUT2D eigenvalue weighted by Gasteiger charge is -2.04. The van der Waals surface area contributed by atoms with Gasteiger partial charge in [-0.05, 0) is 24.3 Å². The standard InChI is InChI=1S/C15H12N2O4/c1-19-10-4-3-9-7-11(15(18)21-13(9)8-10)12-5-6-14(20-2)17-16-12/h3-8H,1-2H3. The SMILES string of the molecule is COc1ccc2cc(-c3ccc(OC)nn3)c(=O)oc2c1. The molecule has 0 aliphatic rings. The van der Waals surface area contributed by atoms with Crippen molar-refractivity contribution in [2.75, 3.05) is 14.2 Å². The molecule has 6 heteroatoms. The van der Waals surface area contributed by atoms with E-state index in [9.17, 15) is 4.79 Å². The van der Waals surface area contributed by atoms with Crippen LogP contribution in [0.15, 0.2) is 45.6 Å². The van der Waals surface area contributed by atoms with Gasteiger partial charge in [0.05, 0.1) is 19.8 Å². The summed E-state index contributed by atoms with van der Waals surface area (Å²) in [6.07, 6.45) is 0. The third-order valence-electron chi connectivity index (χ3n) is 3.07. The van der Waals surface area contributed by atoms with Gasteiger partial charge in [-0.3, -0.25) is 0 Å². The second kappa shape index (κ2) is 5.24. The molecule has 2 aromatic heterocycles. The molecule has 3 aromatic rings. The Hall–Kier alpha value is -2.89. The summed E-state index contributed by atoms with van der Waals surface area (Å²) in [6.45, 7) is 0. The number of fused-ring (bicyclic) bond motifs is 1. The van der Waals surface area contributed by atoms with E-state index in [-0.39, 0.29) is 0 Å². The average molecular weight is 284 g/mol. The van der Waals surface area contributed by atoms with E-state index in [0.717, 1.165) is 5.39 Å². The first-order valence-corrected chi connectivity index (χ1v) is 6.21. The van der Waals surface area contributed by atoms with Crippen LogP contribution in [0.3, 0.4) is 0 Å². The topological polar surface area (TPSA) is 74.5 Å². The first-order valence-electron chi connectivity index (χ1n) is 6.21. The summed E-state index contributed by atoms with van der Waals surface area (Å²) in [4.78, 5) is 12.1. The van der Waals surface area contributed by atoms with Crippen molar-refractivity contribution >= 4 is 11.0 Å². The summed E-state index contributed by atoms with van der Waals surface area (Å²) in [5.41, 5.74) is 0.768. The van der Waals surface area contributed by atoms with Gasteiger partial charge in [0.2, 0.25) is 5.88 Å². The molecule has 0 unspecified atom stereocenters. The number of hydrogen-bond donors (Lipinski definition) is 0. The summed E-state index contributed by atoms with van der Waals surface area (Å²) >= 11 is 0. The molecular weight excluding hydrogens is 272 g/mol. The van der Waals surface area contributed by atoms with E-state index in [1.165, 1.54) is 7.11 Å². The molecule has 3 rings (SSSR count). The van der Waals surface area contributed by atoms with Gasteiger partial charge in [0.25, 0.3) is 0 Å². The quantitative estimate of drug-likeness (QED) is 0.687. The second-order valence-corrected chi connectivity index (χ2v) is 4.31. The fourth-order valence-corrected chi connectivity index (χ4v) is 1.97. The molecule has 0 aliphatic carbocycles. The minimum atomic E-state index is -0.477. The summed E-state index contributed by atoms with van der Waals surface area (Å²) in [5.74, 6) is 1.01. The first kappa shape index (κ1) is 13.1. The molecule has 0 saturated heterocycles. The summed E-state index contributed by atoms with van der Waals surface area (Å²) in [7, 11) is 3.06. The fraction of sp³-hybridized carbons (Fsp3) is 0.133. The maximum absolute atomic E-state index is 12.1. The lowest BCUT2D eigenvalue weighted by atomic mass is 10.1. The van der Waals surface area contributed by atoms with Crippen molar-refractivity contribution in [2.45, 2.75) is 0 Å². The van der Waals surface area contributed by atoms with Crippen molar-refractivity contribution in [1.29, 1.82) is 0 Å². The molecule has 2 heterocycles. The second-order valence-electron chi connectivity index (χ2n) is 4.31. The maximum atomic E-state index is 12.1. The number of benzene rings is 1. The highest BCUT2D eigenvalue weighted by Crippen LogP contribution is 2.23. The van der Waals surface area contributed by atoms with Crippen LogP contribution in [0, 0.1) is 0 Å². The van der Waals surface area contributed by atoms with E-state index in [2.05, 4.69) is 10.2 Å². The zero-order chi connectivity index (χ0) is 14.8. The highest BCUT2D eigenvalue weighted by atomic mass is 16.5. The predicted molar refractivity (Wildman–Crippen MR) is 76.6 cm³/mol. The van der Waals surface area contributed by atoms with Crippen LogP contribution in [-0.2, 0) is 0 Å². The van der Waals surface area contributed by atoms with E-state index in [1.807, 2.05) is 6.07 Å². The van der Waals surface area contributed by atoms with E-state index >= 15 is 0 Å². The van der Waals surface area contributed by atoms with Crippen molar-refractivity contribution in [1.82, 2.24) is 10.2 Å². The van der Waals surface area contributed by atoms with Gasteiger partial charge >= 0.3 is 5.63 Å². The zero-order valence-electron chi connectivity index (χ0n) is 11.5. The smallest absolute Gasteiger partial charge is 0.345 e. The Morgan fingerprint density at radius 2 is 1.86 bits per heavy atom. The molecule has 0 spiro atoms. The minimum Gasteiger partial charge on any atom is -0.497 e. The highest BCUT2D eigenvalue weighted by Gasteiger charge is 2.10. The molecule has 0 radical (unpaired) electrons. The van der Waals surface area contributed by atoms with E-state index in [4.69, 9.17) is 13.9 Å². The van der Waals surface area contributed by atoms with Gasteiger partial charge < -0.3 is 13.9 Å². The number of hydrogen-bond acceptors (Lipinski definition) is 6. The number of rotatable bonds is 3. The molecule has 0 bridgehead atoms. The Labute approximate surface area is 120 Å². The van der Waals surface area contributed by atoms with Crippen LogP contribution in [0.4, 0.5) is 0 Å². The molecular formula is C15H12N2O4. The minimum absolute atomic E-state index is 0.350. The van der Waals surface area contributed by atoms with Crippen molar-refractivity contribution < 1.29 is 13.9 Å². The fourth-order valence-electron chi connectivity index (χ4n) is 1.97. The third kappa shape index (κ3) is 2.43. The normalized spacial score (nSPS) is 10.6. The van der Waals surface area contributed by atoms with Gasteiger partial charge in [0, 0.05) is 17.5 Å². The highest BCUT2D eigenvalue weighted by molar-refractivity contribution is 5.82. The summed E-state index contributed by atoms with van der Waals surface area (Å²) in [6, 6.07) is 10.3. The third-order valence-corrected chi connectivity index (χ3v) is 3.07. The Bertz CT molecular complexity index is 840. The molecule has 1 aromatic carbocycles. The molecule has 0 N–H and O–H groups in total. The van der Waals surface area contributed by atoms with Crippen molar-refractivity contribution in [3.05, 3.63) is 46.8 Å². The molecule has 0 fully saturated rings. The number of methoxy groups -OCH3 is 2. The van der Waals surface area contributed by atoms with E-state index in [0.29, 0.717) is 28.5 Å². The van der Waals surface area contributed by atoms with Gasteiger partial charge in [-0.2, -0.15) is 0 Å². The van der Waals surface area contributed by atoms with Crippen LogP contribution in [0.2, 0.25) is 0 Å². The lowest BCUT2D eigenvalue weighted by molar-refractivity contribution is 0.392. The molecule has 0 amide bonds. The summed E-state index contributed by atoms with van der Waals surface area (Å²) in [5, 5.41) is 8.59. The Balaban J connectivity index is 2.14. The number of nitrogens with zero attached hydrogens (tertiary/aromatic N) is 2. The molecule has 106 valence electrons. The average Bonchev–Trinajstić information content (AvgIpc) is 2.53. The van der Waals surface area contributed by atoms with Crippen LogP contribution in [0.25, 0.3) is 22.2 Å². The number of ether oxygens (including phenoxy) is 2. The van der Waals surface area contributed by atoms with Crippen LogP contribution in [-0.4, -0.2) is 24.4 Å². The Morgan fingerprint density at radius 1 is 1.00 bits per heavy atom. The van der Waals surface area contributed by atoms with Crippen molar-refractivity contribution in [2.24, 2.45) is 0 Å². The monoisotopic (exact) mass is 284 g/mol. The Kier molecular flexibility index (Phi) is 3.27. The van der Waals surface area contributed by atoms with Crippen molar-refractivity contribution in [3.8, 4) is 22.9 Å². The first-order chi connectivity index (χ1) is 10.2. The zero-order valence-corrected chi connectivity index (χ0v) is 11.5. The van der Waals surface area contributed by atoms with Gasteiger partial charge in [0.15, 0.2) is 0 Å². The number of aromatic nitrogens is 2.